The van der Waals surface area contributed by atoms with Crippen molar-refractivity contribution in [3.05, 3.63) is 0 Å². The van der Waals surface area contributed by atoms with Crippen LogP contribution in [0, 0.1) is 5.92 Å². The van der Waals surface area contributed by atoms with Crippen molar-refractivity contribution < 1.29 is 24.9 Å². The lowest BCUT2D eigenvalue weighted by Crippen LogP contribution is -2.46. The minimum atomic E-state index is -1.14. The zero-order valence-electron chi connectivity index (χ0n) is 8.70. The van der Waals surface area contributed by atoms with Crippen molar-refractivity contribution in [1.82, 2.24) is 5.32 Å². The van der Waals surface area contributed by atoms with Crippen LogP contribution in [0.2, 0.25) is 0 Å². The molecule has 0 aromatic rings. The molecule has 0 aromatic carbocycles. The maximum Gasteiger partial charge on any atom is 0.321 e. The Labute approximate surface area is 98.1 Å². The molecule has 1 aliphatic rings. The van der Waals surface area contributed by atoms with Gasteiger partial charge in [0.15, 0.2) is 0 Å². The minimum absolute atomic E-state index is 0.307. The maximum absolute atomic E-state index is 10.9. The summed E-state index contributed by atoms with van der Waals surface area (Å²) in [5, 5.41) is 29.4. The van der Waals surface area contributed by atoms with Gasteiger partial charge in [0.2, 0.25) is 0 Å². The van der Waals surface area contributed by atoms with E-state index in [-0.39, 0.29) is 0 Å². The zero-order chi connectivity index (χ0) is 12.5. The number of thiol groups is 1. The lowest BCUT2D eigenvalue weighted by atomic mass is 9.93. The summed E-state index contributed by atoms with van der Waals surface area (Å²) >= 11 is 4.10. The summed E-state index contributed by atoms with van der Waals surface area (Å²) in [6, 6.07) is -1.44. The van der Waals surface area contributed by atoms with Gasteiger partial charge in [0, 0.05) is 11.3 Å². The van der Waals surface area contributed by atoms with E-state index in [1.54, 1.807) is 0 Å². The van der Waals surface area contributed by atoms with Crippen LogP contribution in [0.1, 0.15) is 13.3 Å². The Morgan fingerprint density at radius 2 is 2.00 bits per heavy atom. The van der Waals surface area contributed by atoms with Crippen LogP contribution in [0.15, 0.2) is 0 Å². The fourth-order valence-corrected chi connectivity index (χ4v) is 2.45. The highest BCUT2D eigenvalue weighted by Gasteiger charge is 2.43. The number of aliphatic hydroxyl groups excluding tert-OH is 1. The molecule has 0 aromatic heterocycles. The average Bonchev–Trinajstić information content (AvgIpc) is 2.45. The van der Waals surface area contributed by atoms with E-state index in [4.69, 9.17) is 10.2 Å². The number of carbonyl (C=O) groups is 2. The zero-order valence-corrected chi connectivity index (χ0v) is 9.59. The van der Waals surface area contributed by atoms with E-state index in [9.17, 15) is 14.7 Å². The fourth-order valence-electron chi connectivity index (χ4n) is 2.01. The predicted octanol–water partition coefficient (Wildman–Crippen LogP) is -0.819. The van der Waals surface area contributed by atoms with Crippen molar-refractivity contribution in [2.45, 2.75) is 36.8 Å². The summed E-state index contributed by atoms with van der Waals surface area (Å²) < 4.78 is 0. The van der Waals surface area contributed by atoms with Crippen molar-refractivity contribution in [2.75, 3.05) is 0 Å². The summed E-state index contributed by atoms with van der Waals surface area (Å²) in [5.41, 5.74) is 0. The molecule has 1 aliphatic heterocycles. The van der Waals surface area contributed by atoms with Gasteiger partial charge in [-0.3, -0.25) is 14.9 Å². The van der Waals surface area contributed by atoms with E-state index < -0.39 is 41.3 Å². The van der Waals surface area contributed by atoms with Crippen LogP contribution in [0.4, 0.5) is 0 Å². The SMILES string of the molecule is C[C@@H](O)[C@@H](C(=O)O)[C@H]1C[C@@H](S)[C@@H](C(=O)O)N1. The molecule has 1 heterocycles. The van der Waals surface area contributed by atoms with Crippen LogP contribution in [-0.4, -0.2) is 50.7 Å². The molecule has 0 spiro atoms. The number of carboxylic acids is 2. The third kappa shape index (κ3) is 2.66. The molecule has 1 rings (SSSR count). The van der Waals surface area contributed by atoms with Gasteiger partial charge in [0.25, 0.3) is 0 Å². The Bertz CT molecular complexity index is 296. The summed E-state index contributed by atoms with van der Waals surface area (Å²) in [7, 11) is 0. The molecule has 0 amide bonds. The first-order chi connectivity index (χ1) is 7.34. The second-order valence-electron chi connectivity index (χ2n) is 4.00. The molecule has 0 radical (unpaired) electrons. The van der Waals surface area contributed by atoms with E-state index >= 15 is 0 Å². The smallest absolute Gasteiger partial charge is 0.321 e. The second-order valence-corrected chi connectivity index (χ2v) is 4.66. The van der Waals surface area contributed by atoms with Crippen LogP contribution in [0.25, 0.3) is 0 Å². The molecule has 7 heteroatoms. The first-order valence-electron chi connectivity index (χ1n) is 4.92. The normalized spacial score (nSPS) is 33.3. The van der Waals surface area contributed by atoms with E-state index in [1.807, 2.05) is 0 Å². The summed E-state index contributed by atoms with van der Waals surface area (Å²) in [4.78, 5) is 21.7. The molecule has 92 valence electrons. The van der Waals surface area contributed by atoms with Crippen LogP contribution in [0.5, 0.6) is 0 Å². The molecule has 0 bridgehead atoms. The summed E-state index contributed by atoms with van der Waals surface area (Å²) in [6.07, 6.45) is -0.731. The Morgan fingerprint density at radius 1 is 1.44 bits per heavy atom. The standard InChI is InChI=1S/C9H15NO5S/c1-3(11)6(8(12)13)4-2-5(16)7(10-4)9(14)15/h3-7,10-11,16H,2H2,1H3,(H,12,13)(H,14,15)/t3-,4-,5-,6-,7+/m1/s1. The van der Waals surface area contributed by atoms with Gasteiger partial charge in [-0.1, -0.05) is 0 Å². The number of rotatable bonds is 4. The van der Waals surface area contributed by atoms with Crippen molar-refractivity contribution in [1.29, 1.82) is 0 Å². The fraction of sp³-hybridized carbons (Fsp3) is 0.778. The number of nitrogens with one attached hydrogen (secondary N) is 1. The third-order valence-electron chi connectivity index (χ3n) is 2.78. The minimum Gasteiger partial charge on any atom is -0.481 e. The van der Waals surface area contributed by atoms with Crippen LogP contribution in [-0.2, 0) is 9.59 Å². The van der Waals surface area contributed by atoms with Gasteiger partial charge in [-0.25, -0.2) is 0 Å². The lowest BCUT2D eigenvalue weighted by Gasteiger charge is -2.22. The Morgan fingerprint density at radius 3 is 2.31 bits per heavy atom. The molecular weight excluding hydrogens is 234 g/mol. The van der Waals surface area contributed by atoms with Gasteiger partial charge in [-0.05, 0) is 13.3 Å². The molecule has 0 aliphatic carbocycles. The average molecular weight is 249 g/mol. The highest BCUT2D eigenvalue weighted by molar-refractivity contribution is 7.81. The van der Waals surface area contributed by atoms with Crippen molar-refractivity contribution in [3.8, 4) is 0 Å². The first-order valence-corrected chi connectivity index (χ1v) is 5.44. The van der Waals surface area contributed by atoms with Gasteiger partial charge >= 0.3 is 11.9 Å². The molecule has 16 heavy (non-hydrogen) atoms. The number of hydrogen-bond acceptors (Lipinski definition) is 5. The van der Waals surface area contributed by atoms with Gasteiger partial charge in [-0.15, -0.1) is 0 Å². The summed E-state index contributed by atoms with van der Waals surface area (Å²) in [5.74, 6) is -3.21. The van der Waals surface area contributed by atoms with Crippen molar-refractivity contribution in [2.24, 2.45) is 5.92 Å². The number of hydrogen-bond donors (Lipinski definition) is 5. The number of carboxylic acid groups (broad SMARTS) is 2. The van der Waals surface area contributed by atoms with E-state index in [0.29, 0.717) is 6.42 Å². The lowest BCUT2D eigenvalue weighted by molar-refractivity contribution is -0.147. The molecule has 1 saturated heterocycles. The van der Waals surface area contributed by atoms with Crippen LogP contribution in [0.3, 0.4) is 0 Å². The Hall–Kier alpha value is -0.790. The van der Waals surface area contributed by atoms with Gasteiger partial charge in [-0.2, -0.15) is 12.6 Å². The maximum atomic E-state index is 10.9. The van der Waals surface area contributed by atoms with Crippen molar-refractivity contribution >= 4 is 24.6 Å². The Kier molecular flexibility index (Phi) is 4.17. The van der Waals surface area contributed by atoms with E-state index in [0.717, 1.165) is 0 Å². The van der Waals surface area contributed by atoms with Crippen molar-refractivity contribution in [3.63, 3.8) is 0 Å². The largest absolute Gasteiger partial charge is 0.481 e. The first kappa shape index (κ1) is 13.3. The van der Waals surface area contributed by atoms with E-state index in [1.165, 1.54) is 6.92 Å². The molecular formula is C9H15NO5S. The molecule has 0 saturated carbocycles. The highest BCUT2D eigenvalue weighted by Crippen LogP contribution is 2.26. The number of aliphatic hydroxyl groups is 1. The van der Waals surface area contributed by atoms with Crippen LogP contribution >= 0.6 is 12.6 Å². The van der Waals surface area contributed by atoms with Gasteiger partial charge in [0.05, 0.1) is 12.0 Å². The van der Waals surface area contributed by atoms with Crippen LogP contribution < -0.4 is 5.32 Å². The summed E-state index contributed by atoms with van der Waals surface area (Å²) in [6.45, 7) is 1.38. The second kappa shape index (κ2) is 5.03. The molecule has 4 N–H and O–H groups in total. The predicted molar refractivity (Wildman–Crippen MR) is 58.5 cm³/mol. The monoisotopic (exact) mass is 249 g/mol. The van der Waals surface area contributed by atoms with E-state index in [2.05, 4.69) is 17.9 Å². The molecule has 0 unspecified atom stereocenters. The van der Waals surface area contributed by atoms with Gasteiger partial charge < -0.3 is 15.3 Å². The molecule has 1 fully saturated rings. The quantitative estimate of drug-likeness (QED) is 0.417. The third-order valence-corrected chi connectivity index (χ3v) is 3.29. The highest BCUT2D eigenvalue weighted by atomic mass is 32.1. The Balaban J connectivity index is 2.76. The molecule has 5 atom stereocenters. The number of aliphatic carboxylic acids is 2. The topological polar surface area (TPSA) is 107 Å². The molecule has 6 nitrogen and oxygen atoms in total. The van der Waals surface area contributed by atoms with Gasteiger partial charge in [0.1, 0.15) is 6.04 Å².